The number of carboxylic acids is 1. The summed E-state index contributed by atoms with van der Waals surface area (Å²) in [4.78, 5) is 8.96. The molecule has 0 unspecified atom stereocenters. The fourth-order valence-corrected chi connectivity index (χ4v) is 0.718. The van der Waals surface area contributed by atoms with Gasteiger partial charge >= 0.3 is 5.97 Å². The van der Waals surface area contributed by atoms with Crippen molar-refractivity contribution in [3.05, 3.63) is 10.1 Å². The van der Waals surface area contributed by atoms with E-state index in [2.05, 4.69) is 0 Å². The molecular weight excluding hydrogens is 222 g/mol. The lowest BCUT2D eigenvalue weighted by atomic mass is 10.5. The van der Waals surface area contributed by atoms with Crippen molar-refractivity contribution in [3.63, 3.8) is 0 Å². The highest BCUT2D eigenvalue weighted by molar-refractivity contribution is 6.56. The lowest BCUT2D eigenvalue weighted by molar-refractivity contribution is -0.131. The minimum absolute atomic E-state index is 0.280. The summed E-state index contributed by atoms with van der Waals surface area (Å²) >= 11 is 20.8. The van der Waals surface area contributed by atoms with Gasteiger partial charge in [-0.25, -0.2) is 4.79 Å². The molecule has 58 valence electrons. The minimum Gasteiger partial charge on any atom is -0.477 e. The van der Waals surface area contributed by atoms with E-state index in [1.54, 1.807) is 0 Å². The average molecular weight is 224 g/mol. The molecule has 0 fully saturated rings. The second-order valence-corrected chi connectivity index (χ2v) is 3.15. The van der Waals surface area contributed by atoms with Gasteiger partial charge in [-0.15, -0.1) is 0 Å². The van der Waals surface area contributed by atoms with Gasteiger partial charge in [0.1, 0.15) is 9.87 Å². The molecule has 0 spiro atoms. The molecule has 0 rings (SSSR count). The third-order valence-corrected chi connectivity index (χ3v) is 2.12. The highest BCUT2D eigenvalue weighted by Crippen LogP contribution is 2.24. The standard InChI is InChI=1S/C4H2Cl4O2/c5-1(3(7)8)2(6)4(9)10/h3H,(H,9,10)/b2-1+. The Balaban J connectivity index is 4.50. The van der Waals surface area contributed by atoms with Crippen LogP contribution in [0.5, 0.6) is 0 Å². The molecule has 0 atom stereocenters. The quantitative estimate of drug-likeness (QED) is 0.577. The molecule has 0 saturated carbocycles. The van der Waals surface area contributed by atoms with Crippen LogP contribution in [0.2, 0.25) is 0 Å². The number of carboxylic acid groups (broad SMARTS) is 1. The summed E-state index contributed by atoms with van der Waals surface area (Å²) in [5.41, 5.74) is 0. The van der Waals surface area contributed by atoms with E-state index in [9.17, 15) is 4.79 Å². The largest absolute Gasteiger partial charge is 0.477 e. The van der Waals surface area contributed by atoms with Crippen molar-refractivity contribution < 1.29 is 9.90 Å². The molecule has 6 heteroatoms. The SMILES string of the molecule is O=C(O)/C(Cl)=C(\Cl)C(Cl)Cl. The summed E-state index contributed by atoms with van der Waals surface area (Å²) < 4.78 is 0. The maximum Gasteiger partial charge on any atom is 0.348 e. The van der Waals surface area contributed by atoms with Crippen molar-refractivity contribution in [3.8, 4) is 0 Å². The lowest BCUT2D eigenvalue weighted by Crippen LogP contribution is -1.99. The first-order chi connectivity index (χ1) is 4.46. The Morgan fingerprint density at radius 2 is 1.70 bits per heavy atom. The Bertz CT molecular complexity index is 174. The van der Waals surface area contributed by atoms with Gasteiger partial charge in [0.05, 0.1) is 5.03 Å². The number of halogens is 4. The first kappa shape index (κ1) is 10.4. The van der Waals surface area contributed by atoms with Crippen molar-refractivity contribution in [1.29, 1.82) is 0 Å². The zero-order valence-electron chi connectivity index (χ0n) is 4.44. The maximum atomic E-state index is 10.1. The monoisotopic (exact) mass is 222 g/mol. The lowest BCUT2D eigenvalue weighted by Gasteiger charge is -1.98. The highest BCUT2D eigenvalue weighted by Gasteiger charge is 2.14. The van der Waals surface area contributed by atoms with Gasteiger partial charge in [0, 0.05) is 0 Å². The summed E-state index contributed by atoms with van der Waals surface area (Å²) in [7, 11) is 0. The normalized spacial score (nSPS) is 13.3. The molecule has 0 radical (unpaired) electrons. The minimum atomic E-state index is -1.35. The van der Waals surface area contributed by atoms with E-state index in [1.165, 1.54) is 0 Å². The van der Waals surface area contributed by atoms with Crippen LogP contribution in [0.1, 0.15) is 0 Å². The number of hydrogen-bond donors (Lipinski definition) is 1. The van der Waals surface area contributed by atoms with Gasteiger partial charge in [-0.1, -0.05) is 46.4 Å². The number of allylic oxidation sites excluding steroid dienone is 1. The molecule has 0 amide bonds. The van der Waals surface area contributed by atoms with E-state index in [0.717, 1.165) is 0 Å². The second-order valence-electron chi connectivity index (χ2n) is 1.27. The molecule has 0 aromatic carbocycles. The molecule has 0 bridgehead atoms. The molecule has 10 heavy (non-hydrogen) atoms. The molecule has 0 aromatic rings. The first-order valence-electron chi connectivity index (χ1n) is 2.03. The predicted molar refractivity (Wildman–Crippen MR) is 41.9 cm³/mol. The summed E-state index contributed by atoms with van der Waals surface area (Å²) in [6, 6.07) is 0. The Morgan fingerprint density at radius 3 is 1.80 bits per heavy atom. The fraction of sp³-hybridized carbons (Fsp3) is 0.250. The van der Waals surface area contributed by atoms with Crippen LogP contribution in [-0.2, 0) is 4.79 Å². The van der Waals surface area contributed by atoms with Gasteiger partial charge in [-0.05, 0) is 0 Å². The van der Waals surface area contributed by atoms with Crippen LogP contribution in [0, 0.1) is 0 Å². The number of hydrogen-bond acceptors (Lipinski definition) is 1. The fourth-order valence-electron chi connectivity index (χ4n) is 0.198. The molecule has 2 nitrogen and oxygen atoms in total. The molecule has 0 aliphatic carbocycles. The third kappa shape index (κ3) is 2.97. The molecule has 0 aromatic heterocycles. The van der Waals surface area contributed by atoms with E-state index in [1.807, 2.05) is 0 Å². The molecule has 0 saturated heterocycles. The van der Waals surface area contributed by atoms with Crippen LogP contribution in [0.3, 0.4) is 0 Å². The van der Waals surface area contributed by atoms with Crippen molar-refractivity contribution in [2.75, 3.05) is 0 Å². The average Bonchev–Trinajstić information content (AvgIpc) is 1.84. The second kappa shape index (κ2) is 4.29. The van der Waals surface area contributed by atoms with Gasteiger partial charge in [0.15, 0.2) is 0 Å². The van der Waals surface area contributed by atoms with Gasteiger partial charge < -0.3 is 5.11 Å². The van der Waals surface area contributed by atoms with Crippen molar-refractivity contribution in [2.24, 2.45) is 0 Å². The summed E-state index contributed by atoms with van der Waals surface area (Å²) in [6.07, 6.45) is 0. The third-order valence-electron chi connectivity index (χ3n) is 0.589. The summed E-state index contributed by atoms with van der Waals surface area (Å²) in [6.45, 7) is 0. The van der Waals surface area contributed by atoms with Gasteiger partial charge in [0.2, 0.25) is 0 Å². The number of carbonyl (C=O) groups is 1. The zero-order valence-corrected chi connectivity index (χ0v) is 7.47. The van der Waals surface area contributed by atoms with Crippen LogP contribution in [-0.4, -0.2) is 15.9 Å². The smallest absolute Gasteiger partial charge is 0.348 e. The maximum absolute atomic E-state index is 10.1. The van der Waals surface area contributed by atoms with Crippen LogP contribution in [0.25, 0.3) is 0 Å². The number of rotatable bonds is 2. The topological polar surface area (TPSA) is 37.3 Å². The Kier molecular flexibility index (Phi) is 4.45. The molecule has 0 heterocycles. The van der Waals surface area contributed by atoms with Crippen molar-refractivity contribution >= 4 is 52.4 Å². The van der Waals surface area contributed by atoms with Crippen molar-refractivity contribution in [2.45, 2.75) is 4.84 Å². The van der Waals surface area contributed by atoms with E-state index in [-0.39, 0.29) is 5.03 Å². The van der Waals surface area contributed by atoms with E-state index in [4.69, 9.17) is 51.5 Å². The van der Waals surface area contributed by atoms with E-state index >= 15 is 0 Å². The summed E-state index contributed by atoms with van der Waals surface area (Å²) in [5.74, 6) is -1.35. The Labute approximate surface area is 77.3 Å². The van der Waals surface area contributed by atoms with E-state index in [0.29, 0.717) is 0 Å². The van der Waals surface area contributed by atoms with Crippen LogP contribution < -0.4 is 0 Å². The molecular formula is C4H2Cl4O2. The first-order valence-corrected chi connectivity index (χ1v) is 3.66. The number of alkyl halides is 2. The number of aliphatic carboxylic acids is 1. The molecule has 1 N–H and O–H groups in total. The Morgan fingerprint density at radius 1 is 1.30 bits per heavy atom. The molecule has 0 aliphatic rings. The predicted octanol–water partition coefficient (Wildman–Crippen LogP) is 2.56. The van der Waals surface area contributed by atoms with Crippen LogP contribution in [0.4, 0.5) is 0 Å². The van der Waals surface area contributed by atoms with Gasteiger partial charge in [0.25, 0.3) is 0 Å². The Hall–Kier alpha value is 0.370. The van der Waals surface area contributed by atoms with Gasteiger partial charge in [-0.2, -0.15) is 0 Å². The van der Waals surface area contributed by atoms with Crippen LogP contribution in [0.15, 0.2) is 10.1 Å². The van der Waals surface area contributed by atoms with E-state index < -0.39 is 15.8 Å². The highest BCUT2D eigenvalue weighted by atomic mass is 35.5. The van der Waals surface area contributed by atoms with Crippen molar-refractivity contribution in [1.82, 2.24) is 0 Å². The zero-order chi connectivity index (χ0) is 8.31. The van der Waals surface area contributed by atoms with Crippen LogP contribution >= 0.6 is 46.4 Å². The summed E-state index contributed by atoms with van der Waals surface area (Å²) in [5, 5.41) is 7.37. The molecule has 0 aliphatic heterocycles. The van der Waals surface area contributed by atoms with Gasteiger partial charge in [-0.3, -0.25) is 0 Å².